The Labute approximate surface area is 176 Å². The van der Waals surface area contributed by atoms with Gasteiger partial charge in [0.1, 0.15) is 11.3 Å². The molecule has 0 bridgehead atoms. The fourth-order valence-electron chi connectivity index (χ4n) is 2.12. The summed E-state index contributed by atoms with van der Waals surface area (Å²) in [5.74, 6) is -2.15. The Kier molecular flexibility index (Phi) is 6.89. The van der Waals surface area contributed by atoms with Gasteiger partial charge in [-0.05, 0) is 68.9 Å². The average Bonchev–Trinajstić information content (AvgIpc) is 2.54. The van der Waals surface area contributed by atoms with Crippen LogP contribution in [-0.4, -0.2) is 46.1 Å². The molecule has 0 unspecified atom stereocenters. The minimum absolute atomic E-state index is 0.00298. The first-order valence-corrected chi connectivity index (χ1v) is 9.36. The van der Waals surface area contributed by atoms with Crippen molar-refractivity contribution in [3.8, 4) is 5.75 Å². The van der Waals surface area contributed by atoms with Gasteiger partial charge in [0.15, 0.2) is 11.7 Å². The van der Waals surface area contributed by atoms with Gasteiger partial charge in [-0.2, -0.15) is 0 Å². The molecule has 0 atom stereocenters. The third-order valence-corrected chi connectivity index (χ3v) is 4.71. The van der Waals surface area contributed by atoms with Crippen LogP contribution >= 0.6 is 50.7 Å². The van der Waals surface area contributed by atoms with Crippen LogP contribution in [-0.2, 0) is 14.4 Å². The van der Waals surface area contributed by atoms with Crippen molar-refractivity contribution in [2.24, 2.45) is 0 Å². The molecule has 10 heteroatoms. The van der Waals surface area contributed by atoms with E-state index in [0.717, 1.165) is 3.57 Å². The number of aliphatic carboxylic acids is 1. The summed E-state index contributed by atoms with van der Waals surface area (Å²) >= 11 is 10.4. The van der Waals surface area contributed by atoms with Crippen LogP contribution in [0.2, 0.25) is 0 Å². The average molecular weight is 551 g/mol. The third-order valence-electron chi connectivity index (χ3n) is 3.17. The Balaban J connectivity index is 2.51. The number of nitrogens with one attached hydrogen (secondary N) is 1. The Morgan fingerprint density at radius 1 is 1.46 bits per heavy atom. The molecule has 1 aromatic rings. The molecule has 1 heterocycles. The molecule has 26 heavy (non-hydrogen) atoms. The van der Waals surface area contributed by atoms with Gasteiger partial charge in [-0.15, -0.1) is 6.58 Å². The maximum Gasteiger partial charge on any atom is 0.341 e. The Hall–Kier alpha value is -1.79. The Bertz CT molecular complexity index is 855. The predicted octanol–water partition coefficient (Wildman–Crippen LogP) is 2.33. The van der Waals surface area contributed by atoms with Crippen LogP contribution in [0.25, 0.3) is 6.08 Å². The maximum absolute atomic E-state index is 12.6. The number of carboxylic acids is 1. The summed E-state index contributed by atoms with van der Waals surface area (Å²) in [7, 11) is 0. The Morgan fingerprint density at radius 2 is 2.15 bits per heavy atom. The SMILES string of the molecule is C=CCN1C(=O)/C(=C/c2cc(I)cc(Br)c2OCC(=O)O)C(=O)NC1=S. The van der Waals surface area contributed by atoms with E-state index in [2.05, 4.69) is 50.4 Å². The second kappa shape index (κ2) is 8.73. The molecule has 0 saturated carbocycles. The van der Waals surface area contributed by atoms with Gasteiger partial charge in [-0.1, -0.05) is 6.08 Å². The van der Waals surface area contributed by atoms with Crippen LogP contribution in [0.1, 0.15) is 5.56 Å². The van der Waals surface area contributed by atoms with Gasteiger partial charge in [0, 0.05) is 15.7 Å². The van der Waals surface area contributed by atoms with E-state index in [1.807, 2.05) is 0 Å². The highest BCUT2D eigenvalue weighted by Gasteiger charge is 2.33. The van der Waals surface area contributed by atoms with E-state index in [1.165, 1.54) is 17.1 Å². The first-order chi connectivity index (χ1) is 12.2. The normalized spacial score (nSPS) is 15.8. The van der Waals surface area contributed by atoms with Crippen LogP contribution in [0.15, 0.2) is 34.8 Å². The zero-order valence-electron chi connectivity index (χ0n) is 13.1. The van der Waals surface area contributed by atoms with Crippen molar-refractivity contribution in [3.05, 3.63) is 44.0 Å². The highest BCUT2D eigenvalue weighted by atomic mass is 127. The molecule has 7 nitrogen and oxygen atoms in total. The molecule has 136 valence electrons. The number of carboxylic acid groups (broad SMARTS) is 1. The smallest absolute Gasteiger partial charge is 0.341 e. The number of benzene rings is 1. The molecule has 0 spiro atoms. The number of amides is 2. The van der Waals surface area contributed by atoms with Gasteiger partial charge >= 0.3 is 5.97 Å². The molecule has 2 rings (SSSR count). The lowest BCUT2D eigenvalue weighted by molar-refractivity contribution is -0.139. The molecule has 1 fully saturated rings. The number of hydrogen-bond acceptors (Lipinski definition) is 5. The Morgan fingerprint density at radius 3 is 2.77 bits per heavy atom. The van der Waals surface area contributed by atoms with Crippen molar-refractivity contribution in [1.29, 1.82) is 0 Å². The molecule has 1 saturated heterocycles. The quantitative estimate of drug-likeness (QED) is 0.186. The zero-order valence-corrected chi connectivity index (χ0v) is 17.7. The lowest BCUT2D eigenvalue weighted by Gasteiger charge is -2.28. The van der Waals surface area contributed by atoms with E-state index in [0.29, 0.717) is 10.0 Å². The van der Waals surface area contributed by atoms with Crippen molar-refractivity contribution in [2.75, 3.05) is 13.2 Å². The molecule has 2 amide bonds. The number of carbonyl (C=O) groups excluding carboxylic acids is 2. The van der Waals surface area contributed by atoms with Gasteiger partial charge in [-0.3, -0.25) is 19.8 Å². The highest BCUT2D eigenvalue weighted by Crippen LogP contribution is 2.33. The van der Waals surface area contributed by atoms with E-state index in [-0.39, 0.29) is 23.0 Å². The van der Waals surface area contributed by atoms with Crippen molar-refractivity contribution in [1.82, 2.24) is 10.2 Å². The summed E-state index contributed by atoms with van der Waals surface area (Å²) in [5, 5.41) is 11.3. The van der Waals surface area contributed by atoms with Crippen LogP contribution < -0.4 is 10.1 Å². The topological polar surface area (TPSA) is 95.9 Å². The number of hydrogen-bond donors (Lipinski definition) is 2. The predicted molar refractivity (Wildman–Crippen MR) is 111 cm³/mol. The minimum Gasteiger partial charge on any atom is -0.480 e. The summed E-state index contributed by atoms with van der Waals surface area (Å²) in [6, 6.07) is 3.39. The van der Waals surface area contributed by atoms with Crippen molar-refractivity contribution >= 4 is 79.7 Å². The van der Waals surface area contributed by atoms with Gasteiger partial charge in [0.25, 0.3) is 11.8 Å². The fraction of sp³-hybridized carbons (Fsp3) is 0.125. The van der Waals surface area contributed by atoms with Gasteiger partial charge in [-0.25, -0.2) is 4.79 Å². The molecule has 1 aliphatic heterocycles. The highest BCUT2D eigenvalue weighted by molar-refractivity contribution is 14.1. The number of thiocarbonyl (C=S) groups is 1. The standard InChI is InChI=1S/C16H12BrIN2O5S/c1-2-3-20-15(24)10(14(23)19-16(20)26)5-8-4-9(18)6-11(17)13(8)25-7-12(21)22/h2,4-6H,1,3,7H2,(H,21,22)(H,19,23,26)/b10-5+. The summed E-state index contributed by atoms with van der Waals surface area (Å²) in [5.41, 5.74) is 0.240. The van der Waals surface area contributed by atoms with Crippen LogP contribution in [0.5, 0.6) is 5.75 Å². The van der Waals surface area contributed by atoms with E-state index in [4.69, 9.17) is 22.1 Å². The number of ether oxygens (including phenoxy) is 1. The summed E-state index contributed by atoms with van der Waals surface area (Å²) in [6.45, 7) is 3.14. The van der Waals surface area contributed by atoms with Crippen LogP contribution in [0.4, 0.5) is 0 Å². The second-order valence-electron chi connectivity index (χ2n) is 5.01. The van der Waals surface area contributed by atoms with Crippen LogP contribution in [0, 0.1) is 3.57 Å². The molecule has 0 aromatic heterocycles. The monoisotopic (exact) mass is 550 g/mol. The van der Waals surface area contributed by atoms with Crippen LogP contribution in [0.3, 0.4) is 0 Å². The molecular formula is C16H12BrIN2O5S. The van der Waals surface area contributed by atoms with E-state index < -0.39 is 24.4 Å². The maximum atomic E-state index is 12.6. The molecule has 2 N–H and O–H groups in total. The van der Waals surface area contributed by atoms with Crippen molar-refractivity contribution < 1.29 is 24.2 Å². The first kappa shape index (κ1) is 20.5. The minimum atomic E-state index is -1.15. The number of rotatable bonds is 6. The molecule has 1 aliphatic rings. The molecule has 0 radical (unpaired) electrons. The second-order valence-corrected chi connectivity index (χ2v) is 7.50. The molecule has 1 aromatic carbocycles. The third kappa shape index (κ3) is 4.68. The summed E-state index contributed by atoms with van der Waals surface area (Å²) < 4.78 is 6.60. The lowest BCUT2D eigenvalue weighted by Crippen LogP contribution is -2.53. The lowest BCUT2D eigenvalue weighted by atomic mass is 10.1. The number of halogens is 2. The number of nitrogens with zero attached hydrogens (tertiary/aromatic N) is 1. The van der Waals surface area contributed by atoms with Gasteiger partial charge in [0.2, 0.25) is 0 Å². The van der Waals surface area contributed by atoms with Gasteiger partial charge < -0.3 is 9.84 Å². The van der Waals surface area contributed by atoms with E-state index in [9.17, 15) is 14.4 Å². The van der Waals surface area contributed by atoms with E-state index in [1.54, 1.807) is 12.1 Å². The first-order valence-electron chi connectivity index (χ1n) is 7.08. The van der Waals surface area contributed by atoms with E-state index >= 15 is 0 Å². The van der Waals surface area contributed by atoms with Crippen molar-refractivity contribution in [2.45, 2.75) is 0 Å². The number of carbonyl (C=O) groups is 3. The van der Waals surface area contributed by atoms with Crippen molar-refractivity contribution in [3.63, 3.8) is 0 Å². The summed E-state index contributed by atoms with van der Waals surface area (Å²) in [4.78, 5) is 36.8. The zero-order chi connectivity index (χ0) is 19.4. The molecular weight excluding hydrogens is 539 g/mol. The van der Waals surface area contributed by atoms with Gasteiger partial charge in [0.05, 0.1) is 4.47 Å². The molecule has 0 aliphatic carbocycles. The largest absolute Gasteiger partial charge is 0.480 e. The summed E-state index contributed by atoms with van der Waals surface area (Å²) in [6.07, 6.45) is 2.84. The fourth-order valence-corrected chi connectivity index (χ4v) is 4.03.